The first-order chi connectivity index (χ1) is 10.1. The van der Waals surface area contributed by atoms with Gasteiger partial charge in [-0.3, -0.25) is 10.1 Å². The lowest BCUT2D eigenvalue weighted by atomic mass is 9.83. The zero-order valence-electron chi connectivity index (χ0n) is 12.7. The normalized spacial score (nSPS) is 21.8. The van der Waals surface area contributed by atoms with E-state index in [9.17, 15) is 10.1 Å². The van der Waals surface area contributed by atoms with Gasteiger partial charge in [0.1, 0.15) is 0 Å². The van der Waals surface area contributed by atoms with Gasteiger partial charge in [-0.25, -0.2) is 0 Å². The van der Waals surface area contributed by atoms with Gasteiger partial charge in [-0.05, 0) is 31.6 Å². The molecule has 0 spiro atoms. The molecule has 2 rings (SSSR count). The highest BCUT2D eigenvalue weighted by Gasteiger charge is 2.24. The van der Waals surface area contributed by atoms with Crippen LogP contribution in [0.15, 0.2) is 12.1 Å². The zero-order valence-corrected chi connectivity index (χ0v) is 12.7. The summed E-state index contributed by atoms with van der Waals surface area (Å²) in [6.07, 6.45) is 6.96. The molecule has 0 amide bonds. The highest BCUT2D eigenvalue weighted by molar-refractivity contribution is 5.57. The molecular weight excluding hydrogens is 270 g/mol. The van der Waals surface area contributed by atoms with Gasteiger partial charge in [-0.2, -0.15) is 4.98 Å². The van der Waals surface area contributed by atoms with Gasteiger partial charge >= 0.3 is 5.69 Å². The Labute approximate surface area is 125 Å². The topological polar surface area (TPSA) is 77.3 Å². The van der Waals surface area contributed by atoms with Crippen LogP contribution in [0.3, 0.4) is 0 Å². The first kappa shape index (κ1) is 15.5. The molecule has 1 saturated carbocycles. The fourth-order valence-corrected chi connectivity index (χ4v) is 3.00. The predicted molar refractivity (Wildman–Crippen MR) is 81.7 cm³/mol. The number of nitro groups is 1. The minimum absolute atomic E-state index is 0.00600. The second-order valence-electron chi connectivity index (χ2n) is 5.63. The van der Waals surface area contributed by atoms with E-state index < -0.39 is 4.92 Å². The molecule has 1 heterocycles. The molecule has 1 aromatic heterocycles. The van der Waals surface area contributed by atoms with Crippen LogP contribution in [0.1, 0.15) is 45.4 Å². The Hall–Kier alpha value is -1.85. The van der Waals surface area contributed by atoms with E-state index in [2.05, 4.69) is 17.2 Å². The van der Waals surface area contributed by atoms with Gasteiger partial charge in [0.2, 0.25) is 11.7 Å². The van der Waals surface area contributed by atoms with Crippen LogP contribution < -0.4 is 10.1 Å². The van der Waals surface area contributed by atoms with Gasteiger partial charge in [0.25, 0.3) is 0 Å². The Balaban J connectivity index is 2.03. The molecule has 0 unspecified atom stereocenters. The fourth-order valence-electron chi connectivity index (χ4n) is 3.00. The van der Waals surface area contributed by atoms with Crippen LogP contribution in [0.4, 0.5) is 11.5 Å². The third-order valence-electron chi connectivity index (χ3n) is 4.14. The number of ether oxygens (including phenoxy) is 1. The summed E-state index contributed by atoms with van der Waals surface area (Å²) in [4.78, 5) is 14.9. The maximum Gasteiger partial charge on any atom is 0.311 e. The average molecular weight is 293 g/mol. The van der Waals surface area contributed by atoms with Crippen LogP contribution in [-0.4, -0.2) is 23.1 Å². The van der Waals surface area contributed by atoms with Crippen molar-refractivity contribution in [1.29, 1.82) is 0 Å². The van der Waals surface area contributed by atoms with Gasteiger partial charge in [0.15, 0.2) is 0 Å². The average Bonchev–Trinajstić information content (AvgIpc) is 2.49. The Morgan fingerprint density at radius 3 is 2.67 bits per heavy atom. The Bertz CT molecular complexity index is 485. The lowest BCUT2D eigenvalue weighted by Gasteiger charge is -2.29. The van der Waals surface area contributed by atoms with E-state index in [1.54, 1.807) is 0 Å². The monoisotopic (exact) mass is 293 g/mol. The van der Waals surface area contributed by atoms with Crippen molar-refractivity contribution in [1.82, 2.24) is 4.98 Å². The number of anilines is 1. The summed E-state index contributed by atoms with van der Waals surface area (Å²) in [5, 5.41) is 14.3. The molecule has 0 atom stereocenters. The third kappa shape index (κ3) is 4.06. The quantitative estimate of drug-likeness (QED) is 0.638. The van der Waals surface area contributed by atoms with Gasteiger partial charge < -0.3 is 10.1 Å². The summed E-state index contributed by atoms with van der Waals surface area (Å²) in [6.45, 7) is 2.22. The maximum absolute atomic E-state index is 11.1. The van der Waals surface area contributed by atoms with Crippen LogP contribution in [0.2, 0.25) is 0 Å². The highest BCUT2D eigenvalue weighted by Crippen LogP contribution is 2.32. The van der Waals surface area contributed by atoms with Crippen LogP contribution in [-0.2, 0) is 0 Å². The summed E-state index contributed by atoms with van der Waals surface area (Å²) < 4.78 is 5.05. The van der Waals surface area contributed by atoms with Crippen LogP contribution in [0.5, 0.6) is 5.88 Å². The molecule has 116 valence electrons. The van der Waals surface area contributed by atoms with Gasteiger partial charge in [-0.1, -0.05) is 19.8 Å². The molecule has 0 radical (unpaired) electrons. The maximum atomic E-state index is 11.1. The number of nitrogens with one attached hydrogen (secondary N) is 1. The summed E-state index contributed by atoms with van der Waals surface area (Å²) in [6, 6.07) is 3.22. The van der Waals surface area contributed by atoms with E-state index >= 15 is 0 Å². The number of aromatic nitrogens is 1. The van der Waals surface area contributed by atoms with Crippen molar-refractivity contribution >= 4 is 11.5 Å². The molecule has 1 aliphatic rings. The van der Waals surface area contributed by atoms with Gasteiger partial charge in [0, 0.05) is 18.2 Å². The van der Waals surface area contributed by atoms with Gasteiger partial charge in [-0.15, -0.1) is 0 Å². The SMILES string of the molecule is CCCC1CCC(Nc2nc(OC)ccc2[N+](=O)[O-])CC1. The second kappa shape index (κ2) is 7.24. The molecule has 1 N–H and O–H groups in total. The minimum atomic E-state index is -0.405. The molecule has 6 heteroatoms. The van der Waals surface area contributed by atoms with Gasteiger partial charge in [0.05, 0.1) is 12.0 Å². The molecular formula is C15H23N3O3. The number of nitrogens with zero attached hydrogens (tertiary/aromatic N) is 2. The van der Waals surface area contributed by atoms with Crippen molar-refractivity contribution in [3.8, 4) is 5.88 Å². The van der Waals surface area contributed by atoms with Crippen molar-refractivity contribution in [3.63, 3.8) is 0 Å². The number of hydrogen-bond acceptors (Lipinski definition) is 5. The molecule has 0 bridgehead atoms. The van der Waals surface area contributed by atoms with Crippen molar-refractivity contribution < 1.29 is 9.66 Å². The van der Waals surface area contributed by atoms with Crippen molar-refractivity contribution in [3.05, 3.63) is 22.2 Å². The highest BCUT2D eigenvalue weighted by atomic mass is 16.6. The van der Waals surface area contributed by atoms with E-state index in [1.807, 2.05) is 0 Å². The summed E-state index contributed by atoms with van der Waals surface area (Å²) >= 11 is 0. The predicted octanol–water partition coefficient (Wildman–Crippen LogP) is 3.77. The number of rotatable bonds is 6. The summed E-state index contributed by atoms with van der Waals surface area (Å²) in [5.74, 6) is 1.52. The number of methoxy groups -OCH3 is 1. The van der Waals surface area contributed by atoms with E-state index in [0.717, 1.165) is 18.8 Å². The summed E-state index contributed by atoms with van der Waals surface area (Å²) in [5.41, 5.74) is 0.00600. The largest absolute Gasteiger partial charge is 0.481 e. The second-order valence-corrected chi connectivity index (χ2v) is 5.63. The van der Waals surface area contributed by atoms with Crippen LogP contribution >= 0.6 is 0 Å². The number of pyridine rings is 1. The first-order valence-electron chi connectivity index (χ1n) is 7.60. The first-order valence-corrected chi connectivity index (χ1v) is 7.60. The minimum Gasteiger partial charge on any atom is -0.481 e. The number of hydrogen-bond donors (Lipinski definition) is 1. The van der Waals surface area contributed by atoms with E-state index in [1.165, 1.54) is 44.9 Å². The van der Waals surface area contributed by atoms with Crippen LogP contribution in [0, 0.1) is 16.0 Å². The summed E-state index contributed by atoms with van der Waals surface area (Å²) in [7, 11) is 1.51. The Kier molecular flexibility index (Phi) is 5.36. The van der Waals surface area contributed by atoms with Crippen molar-refractivity contribution in [2.24, 2.45) is 5.92 Å². The fraction of sp³-hybridized carbons (Fsp3) is 0.667. The Morgan fingerprint density at radius 1 is 1.38 bits per heavy atom. The molecule has 1 fully saturated rings. The molecule has 6 nitrogen and oxygen atoms in total. The molecule has 0 saturated heterocycles. The molecule has 1 aromatic rings. The molecule has 0 aliphatic heterocycles. The zero-order chi connectivity index (χ0) is 15.2. The standard InChI is InChI=1S/C15H23N3O3/c1-3-4-11-5-7-12(8-6-11)16-15-13(18(19)20)9-10-14(17-15)21-2/h9-12H,3-8H2,1-2H3,(H,16,17). The third-order valence-corrected chi connectivity index (χ3v) is 4.14. The van der Waals surface area contributed by atoms with E-state index in [4.69, 9.17) is 4.74 Å². The molecule has 1 aliphatic carbocycles. The van der Waals surface area contributed by atoms with E-state index in [0.29, 0.717) is 11.7 Å². The smallest absolute Gasteiger partial charge is 0.311 e. The van der Waals surface area contributed by atoms with Crippen molar-refractivity contribution in [2.75, 3.05) is 12.4 Å². The lowest BCUT2D eigenvalue weighted by molar-refractivity contribution is -0.384. The van der Waals surface area contributed by atoms with E-state index in [-0.39, 0.29) is 11.7 Å². The lowest BCUT2D eigenvalue weighted by Crippen LogP contribution is -2.27. The molecule has 0 aromatic carbocycles. The van der Waals surface area contributed by atoms with Crippen molar-refractivity contribution in [2.45, 2.75) is 51.5 Å². The Morgan fingerprint density at radius 2 is 2.10 bits per heavy atom. The van der Waals surface area contributed by atoms with Crippen LogP contribution in [0.25, 0.3) is 0 Å². The molecule has 21 heavy (non-hydrogen) atoms.